The third kappa shape index (κ3) is 6.53. The minimum atomic E-state index is -3.67. The van der Waals surface area contributed by atoms with Gasteiger partial charge in [0.05, 0.1) is 10.9 Å². The van der Waals surface area contributed by atoms with Crippen LogP contribution in [0.4, 0.5) is 4.39 Å². The van der Waals surface area contributed by atoms with Gasteiger partial charge in [0.15, 0.2) is 5.96 Å². The van der Waals surface area contributed by atoms with E-state index >= 15 is 0 Å². The van der Waals surface area contributed by atoms with Gasteiger partial charge in [-0.2, -0.15) is 0 Å². The first kappa shape index (κ1) is 23.8. The fraction of sp³-hybridized carbons (Fsp3) is 0.409. The van der Waals surface area contributed by atoms with Crippen LogP contribution in [0.3, 0.4) is 0 Å². The zero-order chi connectivity index (χ0) is 22.5. The van der Waals surface area contributed by atoms with Crippen molar-refractivity contribution >= 4 is 16.0 Å². The van der Waals surface area contributed by atoms with Gasteiger partial charge in [0.1, 0.15) is 5.82 Å². The van der Waals surface area contributed by atoms with E-state index in [4.69, 9.17) is 0 Å². The van der Waals surface area contributed by atoms with Crippen molar-refractivity contribution in [2.75, 3.05) is 7.05 Å². The Balaban J connectivity index is 2.13. The van der Waals surface area contributed by atoms with Gasteiger partial charge in [-0.05, 0) is 63.4 Å². The second-order valence-electron chi connectivity index (χ2n) is 8.26. The Labute approximate surface area is 179 Å². The van der Waals surface area contributed by atoms with Crippen molar-refractivity contribution in [2.45, 2.75) is 57.6 Å². The molecule has 0 saturated heterocycles. The number of aliphatic imine (C=N–C) groups is 1. The SMILES string of the molecule is CN=C(NCc1ccccc1S(=O)(=O)NC(C)(C)C)NC(C)c1ccc(C)c(F)c1. The van der Waals surface area contributed by atoms with E-state index in [-0.39, 0.29) is 23.3 Å². The molecule has 0 radical (unpaired) electrons. The second kappa shape index (κ2) is 9.57. The summed E-state index contributed by atoms with van der Waals surface area (Å²) in [5, 5.41) is 6.34. The minimum Gasteiger partial charge on any atom is -0.352 e. The van der Waals surface area contributed by atoms with Crippen molar-refractivity contribution in [1.29, 1.82) is 0 Å². The maximum Gasteiger partial charge on any atom is 0.241 e. The third-order valence-electron chi connectivity index (χ3n) is 4.42. The fourth-order valence-corrected chi connectivity index (χ4v) is 4.57. The first-order valence-corrected chi connectivity index (χ1v) is 11.3. The monoisotopic (exact) mass is 434 g/mol. The Morgan fingerprint density at radius 3 is 2.43 bits per heavy atom. The summed E-state index contributed by atoms with van der Waals surface area (Å²) in [4.78, 5) is 4.41. The lowest BCUT2D eigenvalue weighted by Gasteiger charge is -2.22. The molecule has 2 aromatic rings. The number of hydrogen-bond donors (Lipinski definition) is 3. The molecule has 30 heavy (non-hydrogen) atoms. The van der Waals surface area contributed by atoms with E-state index in [2.05, 4.69) is 20.3 Å². The fourth-order valence-electron chi connectivity index (χ4n) is 2.91. The molecular weight excluding hydrogens is 403 g/mol. The van der Waals surface area contributed by atoms with E-state index in [0.717, 1.165) is 5.56 Å². The maximum absolute atomic E-state index is 13.9. The van der Waals surface area contributed by atoms with Crippen LogP contribution < -0.4 is 15.4 Å². The van der Waals surface area contributed by atoms with Crippen molar-refractivity contribution < 1.29 is 12.8 Å². The smallest absolute Gasteiger partial charge is 0.241 e. The summed E-state index contributed by atoms with van der Waals surface area (Å²) in [5.74, 6) is 0.231. The summed E-state index contributed by atoms with van der Waals surface area (Å²) in [6.45, 7) is 9.28. The van der Waals surface area contributed by atoms with E-state index in [1.807, 2.05) is 13.0 Å². The summed E-state index contributed by atoms with van der Waals surface area (Å²) in [7, 11) is -2.04. The van der Waals surface area contributed by atoms with Crippen LogP contribution in [0.2, 0.25) is 0 Å². The average Bonchev–Trinajstić information content (AvgIpc) is 2.65. The highest BCUT2D eigenvalue weighted by Crippen LogP contribution is 2.18. The van der Waals surface area contributed by atoms with E-state index < -0.39 is 15.6 Å². The lowest BCUT2D eigenvalue weighted by atomic mass is 10.1. The molecule has 0 bridgehead atoms. The predicted octanol–water partition coefficient (Wildman–Crippen LogP) is 3.64. The molecule has 1 atom stereocenters. The minimum absolute atomic E-state index is 0.187. The number of hydrogen-bond acceptors (Lipinski definition) is 3. The first-order valence-electron chi connectivity index (χ1n) is 9.78. The predicted molar refractivity (Wildman–Crippen MR) is 119 cm³/mol. The summed E-state index contributed by atoms with van der Waals surface area (Å²) in [6, 6.07) is 11.7. The van der Waals surface area contributed by atoms with Crippen LogP contribution in [0.1, 0.15) is 50.4 Å². The summed E-state index contributed by atoms with van der Waals surface area (Å²) < 4.78 is 42.1. The molecule has 2 rings (SSSR count). The molecule has 8 heteroatoms. The second-order valence-corrected chi connectivity index (χ2v) is 9.91. The molecule has 0 spiro atoms. The highest BCUT2D eigenvalue weighted by molar-refractivity contribution is 7.89. The van der Waals surface area contributed by atoms with Crippen LogP contribution in [0.15, 0.2) is 52.4 Å². The van der Waals surface area contributed by atoms with Crippen molar-refractivity contribution in [3.05, 3.63) is 65.0 Å². The molecule has 0 aliphatic rings. The zero-order valence-corrected chi connectivity index (χ0v) is 19.2. The molecule has 6 nitrogen and oxygen atoms in total. The topological polar surface area (TPSA) is 82.6 Å². The number of benzene rings is 2. The number of aryl methyl sites for hydroxylation is 1. The van der Waals surface area contributed by atoms with E-state index in [1.165, 1.54) is 6.07 Å². The van der Waals surface area contributed by atoms with E-state index in [1.54, 1.807) is 65.1 Å². The molecule has 0 aliphatic carbocycles. The number of nitrogens with zero attached hydrogens (tertiary/aromatic N) is 1. The highest BCUT2D eigenvalue weighted by atomic mass is 32.2. The lowest BCUT2D eigenvalue weighted by Crippen LogP contribution is -2.41. The van der Waals surface area contributed by atoms with Crippen molar-refractivity contribution in [1.82, 2.24) is 15.4 Å². The summed E-state index contributed by atoms with van der Waals surface area (Å²) in [5.41, 5.74) is 1.41. The average molecular weight is 435 g/mol. The molecule has 3 N–H and O–H groups in total. The van der Waals surface area contributed by atoms with Gasteiger partial charge in [0.25, 0.3) is 0 Å². The number of guanidine groups is 1. The van der Waals surface area contributed by atoms with Gasteiger partial charge in [0, 0.05) is 19.1 Å². The third-order valence-corrected chi connectivity index (χ3v) is 6.28. The van der Waals surface area contributed by atoms with Gasteiger partial charge in [0.2, 0.25) is 10.0 Å². The lowest BCUT2D eigenvalue weighted by molar-refractivity contribution is 0.491. The van der Waals surface area contributed by atoms with Gasteiger partial charge < -0.3 is 10.6 Å². The van der Waals surface area contributed by atoms with Gasteiger partial charge >= 0.3 is 0 Å². The zero-order valence-electron chi connectivity index (χ0n) is 18.4. The summed E-state index contributed by atoms with van der Waals surface area (Å²) >= 11 is 0. The van der Waals surface area contributed by atoms with Gasteiger partial charge in [-0.3, -0.25) is 4.99 Å². The van der Waals surface area contributed by atoms with Gasteiger partial charge in [-0.25, -0.2) is 17.5 Å². The molecule has 0 heterocycles. The van der Waals surface area contributed by atoms with Crippen LogP contribution >= 0.6 is 0 Å². The molecule has 2 aromatic carbocycles. The normalized spacial score (nSPS) is 13.8. The largest absolute Gasteiger partial charge is 0.352 e. The number of halogens is 1. The van der Waals surface area contributed by atoms with Gasteiger partial charge in [-0.15, -0.1) is 0 Å². The van der Waals surface area contributed by atoms with Crippen LogP contribution in [0.5, 0.6) is 0 Å². The standard InChI is InChI=1S/C22H31FN4O2S/c1-15-11-12-17(13-19(15)23)16(2)26-21(24-6)25-14-18-9-7-8-10-20(18)30(28,29)27-22(3,4)5/h7-13,16,27H,14H2,1-6H3,(H2,24,25,26). The molecule has 0 aliphatic heterocycles. The molecule has 1 unspecified atom stereocenters. The number of nitrogens with one attached hydrogen (secondary N) is 3. The number of rotatable bonds is 6. The van der Waals surface area contributed by atoms with Crippen molar-refractivity contribution in [3.63, 3.8) is 0 Å². The van der Waals surface area contributed by atoms with Crippen molar-refractivity contribution in [3.8, 4) is 0 Å². The Hall–Kier alpha value is -2.45. The molecular formula is C22H31FN4O2S. The summed E-state index contributed by atoms with van der Waals surface area (Å²) in [6.07, 6.45) is 0. The molecule has 164 valence electrons. The Kier molecular flexibility index (Phi) is 7.60. The van der Waals surface area contributed by atoms with Crippen molar-refractivity contribution in [2.24, 2.45) is 4.99 Å². The van der Waals surface area contributed by atoms with Crippen LogP contribution in [0.25, 0.3) is 0 Å². The van der Waals surface area contributed by atoms with Crippen LogP contribution in [-0.4, -0.2) is 27.0 Å². The van der Waals surface area contributed by atoms with E-state index in [0.29, 0.717) is 17.1 Å². The van der Waals surface area contributed by atoms with Crippen LogP contribution in [-0.2, 0) is 16.6 Å². The quantitative estimate of drug-likeness (QED) is 0.479. The molecule has 0 aromatic heterocycles. The molecule has 0 fully saturated rings. The Bertz CT molecular complexity index is 1010. The van der Waals surface area contributed by atoms with Crippen LogP contribution in [0, 0.1) is 12.7 Å². The Morgan fingerprint density at radius 1 is 1.17 bits per heavy atom. The maximum atomic E-state index is 13.9. The highest BCUT2D eigenvalue weighted by Gasteiger charge is 2.24. The molecule has 0 saturated carbocycles. The Morgan fingerprint density at radius 2 is 1.83 bits per heavy atom. The molecule has 0 amide bonds. The van der Waals surface area contributed by atoms with Gasteiger partial charge in [-0.1, -0.05) is 30.3 Å². The number of sulfonamides is 1. The first-order chi connectivity index (χ1) is 13.9. The van der Waals surface area contributed by atoms with E-state index in [9.17, 15) is 12.8 Å².